The van der Waals surface area contributed by atoms with E-state index in [0.717, 1.165) is 21.0 Å². The van der Waals surface area contributed by atoms with E-state index in [1.165, 1.54) is 17.4 Å². The summed E-state index contributed by atoms with van der Waals surface area (Å²) >= 11 is 6.63. The SMILES string of the molecule is Cc1ccc(C=C(C(N)=O)C(=S)N(N)C(=O)Cc2cccs2)cc1. The van der Waals surface area contributed by atoms with Crippen LogP contribution in [0.1, 0.15) is 16.0 Å². The Morgan fingerprint density at radius 1 is 1.25 bits per heavy atom. The molecule has 0 aliphatic rings. The van der Waals surface area contributed by atoms with Crippen molar-refractivity contribution in [2.75, 3.05) is 0 Å². The van der Waals surface area contributed by atoms with Crippen molar-refractivity contribution in [3.05, 3.63) is 63.4 Å². The molecule has 1 aromatic heterocycles. The molecule has 2 rings (SSSR count). The maximum absolute atomic E-state index is 12.2. The lowest BCUT2D eigenvalue weighted by Crippen LogP contribution is -2.45. The van der Waals surface area contributed by atoms with Gasteiger partial charge in [0.15, 0.2) is 0 Å². The Kier molecular flexibility index (Phi) is 5.97. The van der Waals surface area contributed by atoms with Crippen LogP contribution >= 0.6 is 23.6 Å². The lowest BCUT2D eigenvalue weighted by atomic mass is 10.1. The predicted molar refractivity (Wildman–Crippen MR) is 100 cm³/mol. The van der Waals surface area contributed by atoms with Gasteiger partial charge >= 0.3 is 0 Å². The number of carbonyl (C=O) groups excluding carboxylic acids is 2. The van der Waals surface area contributed by atoms with E-state index in [0.29, 0.717) is 0 Å². The molecule has 0 spiro atoms. The largest absolute Gasteiger partial charge is 0.366 e. The number of benzene rings is 1. The van der Waals surface area contributed by atoms with Gasteiger partial charge in [0.1, 0.15) is 4.99 Å². The van der Waals surface area contributed by atoms with Crippen molar-refractivity contribution in [3.63, 3.8) is 0 Å². The standard InChI is InChI=1S/C17H17N3O2S2/c1-11-4-6-12(7-5-11)9-14(16(18)22)17(23)20(19)15(21)10-13-3-2-8-24-13/h2-9H,10,19H2,1H3,(H2,18,22). The molecule has 1 aromatic carbocycles. The van der Waals surface area contributed by atoms with Gasteiger partial charge in [0.25, 0.3) is 5.91 Å². The zero-order chi connectivity index (χ0) is 17.7. The van der Waals surface area contributed by atoms with E-state index in [1.807, 2.05) is 48.7 Å². The Morgan fingerprint density at radius 2 is 1.92 bits per heavy atom. The second-order valence-electron chi connectivity index (χ2n) is 5.16. The van der Waals surface area contributed by atoms with E-state index >= 15 is 0 Å². The molecule has 124 valence electrons. The van der Waals surface area contributed by atoms with Gasteiger partial charge in [-0.3, -0.25) is 9.59 Å². The number of thiocarbonyl (C=S) groups is 1. The summed E-state index contributed by atoms with van der Waals surface area (Å²) in [4.78, 5) is 24.7. The topological polar surface area (TPSA) is 89.4 Å². The van der Waals surface area contributed by atoms with Gasteiger partial charge in [0.05, 0.1) is 12.0 Å². The Labute approximate surface area is 149 Å². The maximum Gasteiger partial charge on any atom is 0.251 e. The average molecular weight is 359 g/mol. The summed E-state index contributed by atoms with van der Waals surface area (Å²) in [5.41, 5.74) is 7.26. The van der Waals surface area contributed by atoms with Gasteiger partial charge < -0.3 is 5.73 Å². The Hall–Kier alpha value is -2.35. The van der Waals surface area contributed by atoms with E-state index in [-0.39, 0.29) is 17.0 Å². The summed E-state index contributed by atoms with van der Waals surface area (Å²) in [5.74, 6) is 4.65. The molecule has 7 heteroatoms. The third-order valence-corrected chi connectivity index (χ3v) is 4.57. The number of hydrazine groups is 1. The summed E-state index contributed by atoms with van der Waals surface area (Å²) in [6.07, 6.45) is 1.65. The molecule has 0 saturated heterocycles. The first-order valence-electron chi connectivity index (χ1n) is 7.11. The van der Waals surface area contributed by atoms with E-state index in [4.69, 9.17) is 23.8 Å². The van der Waals surface area contributed by atoms with Crippen LogP contribution in [0.25, 0.3) is 6.08 Å². The van der Waals surface area contributed by atoms with Gasteiger partial charge in [-0.1, -0.05) is 48.1 Å². The summed E-state index contributed by atoms with van der Waals surface area (Å²) < 4.78 is 0. The van der Waals surface area contributed by atoms with Crippen LogP contribution in [0.5, 0.6) is 0 Å². The molecule has 0 fully saturated rings. The fraction of sp³-hybridized carbons (Fsp3) is 0.118. The Bertz CT molecular complexity index is 781. The minimum absolute atomic E-state index is 0.0240. The number of primary amides is 1. The second-order valence-corrected chi connectivity index (χ2v) is 6.58. The van der Waals surface area contributed by atoms with Gasteiger partial charge in [0, 0.05) is 4.88 Å². The molecule has 24 heavy (non-hydrogen) atoms. The van der Waals surface area contributed by atoms with Crippen LogP contribution in [0.3, 0.4) is 0 Å². The first kappa shape index (κ1) is 18.0. The molecular formula is C17H17N3O2S2. The molecule has 2 aromatic rings. The zero-order valence-electron chi connectivity index (χ0n) is 13.1. The number of amides is 2. The summed E-state index contributed by atoms with van der Waals surface area (Å²) in [7, 11) is 0. The number of rotatable bonds is 5. The molecule has 1 heterocycles. The van der Waals surface area contributed by atoms with Gasteiger partial charge in [-0.25, -0.2) is 10.9 Å². The van der Waals surface area contributed by atoms with Crippen LogP contribution in [0, 0.1) is 6.92 Å². The Morgan fingerprint density at radius 3 is 2.46 bits per heavy atom. The van der Waals surface area contributed by atoms with Crippen molar-refractivity contribution >= 4 is 46.4 Å². The normalized spacial score (nSPS) is 11.2. The molecule has 2 amide bonds. The quantitative estimate of drug-likeness (QED) is 0.282. The van der Waals surface area contributed by atoms with Crippen molar-refractivity contribution < 1.29 is 9.59 Å². The second kappa shape index (κ2) is 7.96. The molecule has 0 bridgehead atoms. The lowest BCUT2D eigenvalue weighted by Gasteiger charge is -2.18. The highest BCUT2D eigenvalue weighted by molar-refractivity contribution is 7.80. The zero-order valence-corrected chi connectivity index (χ0v) is 14.7. The van der Waals surface area contributed by atoms with Crippen molar-refractivity contribution in [2.45, 2.75) is 13.3 Å². The summed E-state index contributed by atoms with van der Waals surface area (Å²) in [5, 5.41) is 2.67. The molecule has 0 aliphatic heterocycles. The fourth-order valence-corrected chi connectivity index (χ4v) is 2.92. The number of thiophene rings is 1. The molecule has 4 N–H and O–H groups in total. The van der Waals surface area contributed by atoms with Crippen LogP contribution in [0.15, 0.2) is 47.4 Å². The van der Waals surface area contributed by atoms with Crippen LogP contribution in [-0.4, -0.2) is 21.8 Å². The minimum atomic E-state index is -0.736. The van der Waals surface area contributed by atoms with Crippen LogP contribution in [0.2, 0.25) is 0 Å². The highest BCUT2D eigenvalue weighted by atomic mass is 32.1. The molecule has 0 radical (unpaired) electrons. The number of nitrogens with two attached hydrogens (primary N) is 2. The predicted octanol–water partition coefficient (Wildman–Crippen LogP) is 2.20. The average Bonchev–Trinajstić information content (AvgIpc) is 3.05. The Balaban J connectivity index is 2.20. The fourth-order valence-electron chi connectivity index (χ4n) is 1.96. The van der Waals surface area contributed by atoms with E-state index < -0.39 is 11.8 Å². The van der Waals surface area contributed by atoms with Gasteiger partial charge in [-0.2, -0.15) is 0 Å². The number of hydrogen-bond donors (Lipinski definition) is 2. The third-order valence-electron chi connectivity index (χ3n) is 3.28. The molecular weight excluding hydrogens is 342 g/mol. The minimum Gasteiger partial charge on any atom is -0.366 e. The first-order chi connectivity index (χ1) is 11.4. The highest BCUT2D eigenvalue weighted by Crippen LogP contribution is 2.14. The van der Waals surface area contributed by atoms with Crippen LogP contribution in [0.4, 0.5) is 0 Å². The third kappa shape index (κ3) is 4.58. The van der Waals surface area contributed by atoms with Crippen molar-refractivity contribution in [3.8, 4) is 0 Å². The number of carbonyl (C=O) groups is 2. The van der Waals surface area contributed by atoms with Gasteiger partial charge in [-0.15, -0.1) is 11.3 Å². The summed E-state index contributed by atoms with van der Waals surface area (Å²) in [6, 6.07) is 11.1. The maximum atomic E-state index is 12.2. The summed E-state index contributed by atoms with van der Waals surface area (Å²) in [6.45, 7) is 1.96. The van der Waals surface area contributed by atoms with Gasteiger partial charge in [0.2, 0.25) is 5.91 Å². The number of hydrogen-bond acceptors (Lipinski definition) is 5. The van der Waals surface area contributed by atoms with Crippen LogP contribution < -0.4 is 11.6 Å². The molecule has 0 saturated carbocycles. The van der Waals surface area contributed by atoms with E-state index in [2.05, 4.69) is 0 Å². The van der Waals surface area contributed by atoms with Crippen LogP contribution in [-0.2, 0) is 16.0 Å². The van der Waals surface area contributed by atoms with E-state index in [1.54, 1.807) is 0 Å². The van der Waals surface area contributed by atoms with Crippen molar-refractivity contribution in [1.29, 1.82) is 0 Å². The highest BCUT2D eigenvalue weighted by Gasteiger charge is 2.21. The molecule has 0 unspecified atom stereocenters. The monoisotopic (exact) mass is 359 g/mol. The first-order valence-corrected chi connectivity index (χ1v) is 8.40. The molecule has 0 aliphatic carbocycles. The number of nitrogens with zero attached hydrogens (tertiary/aromatic N) is 1. The van der Waals surface area contributed by atoms with E-state index in [9.17, 15) is 9.59 Å². The van der Waals surface area contributed by atoms with Crippen molar-refractivity contribution in [2.24, 2.45) is 11.6 Å². The number of aryl methyl sites for hydroxylation is 1. The van der Waals surface area contributed by atoms with Gasteiger partial charge in [-0.05, 0) is 30.0 Å². The smallest absolute Gasteiger partial charge is 0.251 e. The molecule has 0 atom stereocenters. The lowest BCUT2D eigenvalue weighted by molar-refractivity contribution is -0.126. The molecule has 5 nitrogen and oxygen atoms in total. The van der Waals surface area contributed by atoms with Crippen molar-refractivity contribution in [1.82, 2.24) is 5.01 Å².